The van der Waals surface area contributed by atoms with Crippen LogP contribution in [0.2, 0.25) is 0 Å². The number of amides is 3. The van der Waals surface area contributed by atoms with Crippen molar-refractivity contribution in [3.8, 4) is 0 Å². The van der Waals surface area contributed by atoms with Crippen LogP contribution in [0.5, 0.6) is 0 Å². The molecule has 1 aliphatic rings. The Kier molecular flexibility index (Phi) is 3.97. The van der Waals surface area contributed by atoms with Gasteiger partial charge in [-0.05, 0) is 18.2 Å². The summed E-state index contributed by atoms with van der Waals surface area (Å²) in [5, 5.41) is 7.49. The van der Waals surface area contributed by atoms with Crippen molar-refractivity contribution < 1.29 is 18.8 Å². The number of halogens is 1. The van der Waals surface area contributed by atoms with Crippen molar-refractivity contribution in [3.63, 3.8) is 0 Å². The van der Waals surface area contributed by atoms with Crippen LogP contribution in [-0.4, -0.2) is 24.3 Å². The minimum absolute atomic E-state index is 0.00377. The van der Waals surface area contributed by atoms with Gasteiger partial charge in [-0.1, -0.05) is 0 Å². The fourth-order valence-electron chi connectivity index (χ4n) is 1.92. The Labute approximate surface area is 114 Å². The monoisotopic (exact) mass is 279 g/mol. The van der Waals surface area contributed by atoms with E-state index in [1.165, 1.54) is 19.1 Å². The summed E-state index contributed by atoms with van der Waals surface area (Å²) in [4.78, 5) is 33.9. The second-order valence-electron chi connectivity index (χ2n) is 4.57. The van der Waals surface area contributed by atoms with E-state index in [0.717, 1.165) is 6.07 Å². The smallest absolute Gasteiger partial charge is 0.229 e. The summed E-state index contributed by atoms with van der Waals surface area (Å²) < 4.78 is 13.4. The van der Waals surface area contributed by atoms with Gasteiger partial charge in [0.2, 0.25) is 17.7 Å². The molecule has 0 spiro atoms. The van der Waals surface area contributed by atoms with Gasteiger partial charge in [0.1, 0.15) is 5.82 Å². The molecule has 0 aromatic heterocycles. The quantitative estimate of drug-likeness (QED) is 0.767. The van der Waals surface area contributed by atoms with Crippen LogP contribution >= 0.6 is 0 Å². The fraction of sp³-hybridized carbons (Fsp3) is 0.308. The number of anilines is 2. The Morgan fingerprint density at radius 2 is 2.10 bits per heavy atom. The first-order valence-corrected chi connectivity index (χ1v) is 6.10. The summed E-state index contributed by atoms with van der Waals surface area (Å²) in [7, 11) is 0. The average molecular weight is 279 g/mol. The average Bonchev–Trinajstić information content (AvgIpc) is 2.79. The highest BCUT2D eigenvalue weighted by molar-refractivity contribution is 5.98. The lowest BCUT2D eigenvalue weighted by molar-refractivity contribution is -0.123. The van der Waals surface area contributed by atoms with E-state index < -0.39 is 17.6 Å². The number of rotatable bonds is 3. The molecule has 0 saturated carbocycles. The molecule has 1 fully saturated rings. The van der Waals surface area contributed by atoms with Crippen molar-refractivity contribution >= 4 is 29.1 Å². The highest BCUT2D eigenvalue weighted by atomic mass is 19.1. The molecule has 1 saturated heterocycles. The molecule has 1 aliphatic heterocycles. The second kappa shape index (κ2) is 5.68. The van der Waals surface area contributed by atoms with Gasteiger partial charge in [-0.2, -0.15) is 0 Å². The molecule has 1 aromatic carbocycles. The molecule has 0 aliphatic carbocycles. The standard InChI is InChI=1S/C13H14FN3O3/c1-7(18)16-11-5-9(2-3-10(11)14)17-13(20)8-4-12(19)15-6-8/h2-3,5,8H,4,6H2,1H3,(H,15,19)(H,16,18)(H,17,20). The topological polar surface area (TPSA) is 87.3 Å². The number of benzene rings is 1. The van der Waals surface area contributed by atoms with Gasteiger partial charge in [0, 0.05) is 25.6 Å². The number of carbonyl (C=O) groups excluding carboxylic acids is 3. The van der Waals surface area contributed by atoms with E-state index in [1.54, 1.807) is 0 Å². The summed E-state index contributed by atoms with van der Waals surface area (Å²) in [6.07, 6.45) is 0.144. The highest BCUT2D eigenvalue weighted by Crippen LogP contribution is 2.21. The minimum Gasteiger partial charge on any atom is -0.355 e. The largest absolute Gasteiger partial charge is 0.355 e. The molecule has 2 rings (SSSR count). The molecule has 3 amide bonds. The van der Waals surface area contributed by atoms with Crippen LogP contribution in [0.15, 0.2) is 18.2 Å². The lowest BCUT2D eigenvalue weighted by atomic mass is 10.1. The third kappa shape index (κ3) is 3.31. The molecule has 6 nitrogen and oxygen atoms in total. The first-order valence-electron chi connectivity index (χ1n) is 6.10. The van der Waals surface area contributed by atoms with Gasteiger partial charge in [0.05, 0.1) is 11.6 Å². The predicted molar refractivity (Wildman–Crippen MR) is 70.5 cm³/mol. The van der Waals surface area contributed by atoms with Crippen LogP contribution in [0.25, 0.3) is 0 Å². The zero-order valence-electron chi connectivity index (χ0n) is 10.8. The van der Waals surface area contributed by atoms with Gasteiger partial charge in [-0.15, -0.1) is 0 Å². The Balaban J connectivity index is 2.07. The number of hydrogen-bond acceptors (Lipinski definition) is 3. The molecular weight excluding hydrogens is 265 g/mol. The van der Waals surface area contributed by atoms with E-state index in [1.807, 2.05) is 0 Å². The van der Waals surface area contributed by atoms with Crippen LogP contribution in [0, 0.1) is 11.7 Å². The molecule has 7 heteroatoms. The van der Waals surface area contributed by atoms with Gasteiger partial charge in [-0.25, -0.2) is 4.39 Å². The first kappa shape index (κ1) is 14.0. The molecule has 20 heavy (non-hydrogen) atoms. The van der Waals surface area contributed by atoms with Gasteiger partial charge >= 0.3 is 0 Å². The molecule has 1 heterocycles. The van der Waals surface area contributed by atoms with Crippen molar-refractivity contribution in [1.82, 2.24) is 5.32 Å². The first-order chi connectivity index (χ1) is 9.45. The van der Waals surface area contributed by atoms with E-state index in [4.69, 9.17) is 0 Å². The lowest BCUT2D eigenvalue weighted by Crippen LogP contribution is -2.24. The Morgan fingerprint density at radius 1 is 1.35 bits per heavy atom. The Morgan fingerprint density at radius 3 is 2.70 bits per heavy atom. The Hall–Kier alpha value is -2.44. The van der Waals surface area contributed by atoms with Gasteiger partial charge < -0.3 is 16.0 Å². The lowest BCUT2D eigenvalue weighted by Gasteiger charge is -2.11. The van der Waals surface area contributed by atoms with E-state index in [0.29, 0.717) is 12.2 Å². The van der Waals surface area contributed by atoms with Crippen molar-refractivity contribution in [3.05, 3.63) is 24.0 Å². The minimum atomic E-state index is -0.587. The van der Waals surface area contributed by atoms with E-state index >= 15 is 0 Å². The maximum absolute atomic E-state index is 13.4. The van der Waals surface area contributed by atoms with Crippen LogP contribution in [-0.2, 0) is 14.4 Å². The third-order valence-corrected chi connectivity index (χ3v) is 2.89. The third-order valence-electron chi connectivity index (χ3n) is 2.89. The molecule has 106 valence electrons. The van der Waals surface area contributed by atoms with Crippen LogP contribution < -0.4 is 16.0 Å². The molecule has 1 aromatic rings. The normalized spacial score (nSPS) is 17.5. The van der Waals surface area contributed by atoms with Crippen molar-refractivity contribution in [2.75, 3.05) is 17.2 Å². The summed E-state index contributed by atoms with van der Waals surface area (Å²) in [6, 6.07) is 3.88. The summed E-state index contributed by atoms with van der Waals surface area (Å²) in [5.41, 5.74) is 0.357. The van der Waals surface area contributed by atoms with Crippen molar-refractivity contribution in [2.24, 2.45) is 5.92 Å². The number of hydrogen-bond donors (Lipinski definition) is 3. The maximum atomic E-state index is 13.4. The van der Waals surface area contributed by atoms with Gasteiger partial charge in [0.15, 0.2) is 0 Å². The Bertz CT molecular complexity index is 574. The fourth-order valence-corrected chi connectivity index (χ4v) is 1.92. The zero-order chi connectivity index (χ0) is 14.7. The second-order valence-corrected chi connectivity index (χ2v) is 4.57. The summed E-state index contributed by atoms with van der Waals surface area (Å²) in [5.74, 6) is -1.91. The number of carbonyl (C=O) groups is 3. The van der Waals surface area contributed by atoms with E-state index in [-0.39, 0.29) is 23.9 Å². The van der Waals surface area contributed by atoms with Crippen molar-refractivity contribution in [1.29, 1.82) is 0 Å². The van der Waals surface area contributed by atoms with Crippen LogP contribution in [0.1, 0.15) is 13.3 Å². The predicted octanol–water partition coefficient (Wildman–Crippen LogP) is 0.859. The summed E-state index contributed by atoms with van der Waals surface area (Å²) in [6.45, 7) is 1.56. The molecular formula is C13H14FN3O3. The van der Waals surface area contributed by atoms with E-state index in [2.05, 4.69) is 16.0 Å². The van der Waals surface area contributed by atoms with Crippen molar-refractivity contribution in [2.45, 2.75) is 13.3 Å². The molecule has 0 bridgehead atoms. The maximum Gasteiger partial charge on any atom is 0.229 e. The number of nitrogens with one attached hydrogen (secondary N) is 3. The highest BCUT2D eigenvalue weighted by Gasteiger charge is 2.27. The zero-order valence-corrected chi connectivity index (χ0v) is 10.8. The SMILES string of the molecule is CC(=O)Nc1cc(NC(=O)C2CNC(=O)C2)ccc1F. The van der Waals surface area contributed by atoms with Crippen LogP contribution in [0.3, 0.4) is 0 Å². The van der Waals surface area contributed by atoms with Gasteiger partial charge in [-0.3, -0.25) is 14.4 Å². The van der Waals surface area contributed by atoms with Crippen LogP contribution in [0.4, 0.5) is 15.8 Å². The molecule has 1 unspecified atom stereocenters. The van der Waals surface area contributed by atoms with Gasteiger partial charge in [0.25, 0.3) is 0 Å². The molecule has 3 N–H and O–H groups in total. The molecule has 0 radical (unpaired) electrons. The summed E-state index contributed by atoms with van der Waals surface area (Å²) >= 11 is 0. The molecule has 1 atom stereocenters. The van der Waals surface area contributed by atoms with E-state index in [9.17, 15) is 18.8 Å².